The third-order valence-corrected chi connectivity index (χ3v) is 6.07. The van der Waals surface area contributed by atoms with Crippen molar-refractivity contribution in [2.45, 2.75) is 20.5 Å². The molecule has 0 bridgehead atoms. The van der Waals surface area contributed by atoms with Crippen LogP contribution >= 0.6 is 15.9 Å². The van der Waals surface area contributed by atoms with Crippen LogP contribution in [0.25, 0.3) is 5.69 Å². The lowest BCUT2D eigenvalue weighted by Crippen LogP contribution is -2.17. The molecule has 0 aliphatic heterocycles. The van der Waals surface area contributed by atoms with Crippen molar-refractivity contribution in [2.24, 2.45) is 5.10 Å². The van der Waals surface area contributed by atoms with Crippen LogP contribution in [0.4, 0.5) is 0 Å². The highest BCUT2D eigenvalue weighted by Crippen LogP contribution is 2.34. The van der Waals surface area contributed by atoms with Crippen LogP contribution in [0.3, 0.4) is 0 Å². The molecule has 0 spiro atoms. The third kappa shape index (κ3) is 6.36. The summed E-state index contributed by atoms with van der Waals surface area (Å²) >= 11 is 3.43. The molecule has 2 aromatic carbocycles. The average molecular weight is 578 g/mol. The third-order valence-electron chi connectivity index (χ3n) is 5.62. The number of benzene rings is 2. The van der Waals surface area contributed by atoms with Gasteiger partial charge < -0.3 is 23.2 Å². The highest BCUT2D eigenvalue weighted by Gasteiger charge is 2.13. The quantitative estimate of drug-likeness (QED) is 0.127. The zero-order valence-electron chi connectivity index (χ0n) is 21.4. The van der Waals surface area contributed by atoms with E-state index < -0.39 is 5.91 Å². The summed E-state index contributed by atoms with van der Waals surface area (Å²) in [5.74, 6) is 1.83. The molecule has 2 aromatic heterocycles. The molecule has 0 aliphatic rings. The van der Waals surface area contributed by atoms with E-state index in [2.05, 4.69) is 63.6 Å². The zero-order valence-corrected chi connectivity index (χ0v) is 22.9. The lowest BCUT2D eigenvalue weighted by molar-refractivity contribution is 0.0923. The molecule has 0 saturated carbocycles. The molecule has 0 atom stereocenters. The van der Waals surface area contributed by atoms with E-state index in [1.54, 1.807) is 37.5 Å². The molecular formula is C29H28BrN3O5. The summed E-state index contributed by atoms with van der Waals surface area (Å²) in [6, 6.07) is 18.8. The van der Waals surface area contributed by atoms with Crippen molar-refractivity contribution in [3.05, 3.63) is 106 Å². The Hall–Kier alpha value is -4.24. The van der Waals surface area contributed by atoms with E-state index >= 15 is 0 Å². The van der Waals surface area contributed by atoms with Gasteiger partial charge in [0, 0.05) is 27.1 Å². The molecule has 0 saturated heterocycles. The zero-order chi connectivity index (χ0) is 27.1. The van der Waals surface area contributed by atoms with E-state index in [9.17, 15) is 4.79 Å². The van der Waals surface area contributed by atoms with Crippen LogP contribution in [0.2, 0.25) is 0 Å². The molecule has 4 rings (SSSR count). The van der Waals surface area contributed by atoms with E-state index in [-0.39, 0.29) is 12.4 Å². The predicted octanol–water partition coefficient (Wildman–Crippen LogP) is 6.37. The van der Waals surface area contributed by atoms with Gasteiger partial charge in [0.15, 0.2) is 17.3 Å². The molecule has 2 heterocycles. The number of nitrogens with one attached hydrogen (secondary N) is 1. The number of hydrogen-bond donors (Lipinski definition) is 1. The number of hydrazone groups is 1. The molecule has 0 radical (unpaired) electrons. The number of carbonyl (C=O) groups is 1. The summed E-state index contributed by atoms with van der Waals surface area (Å²) in [5.41, 5.74) is 6.47. The molecular weight excluding hydrogens is 550 g/mol. The van der Waals surface area contributed by atoms with Crippen molar-refractivity contribution >= 4 is 28.1 Å². The normalized spacial score (nSPS) is 10.9. The summed E-state index contributed by atoms with van der Waals surface area (Å²) in [7, 11) is 1.55. The number of rotatable bonds is 11. The van der Waals surface area contributed by atoms with Gasteiger partial charge in [0.25, 0.3) is 0 Å². The van der Waals surface area contributed by atoms with E-state index in [1.807, 2.05) is 24.3 Å². The SMILES string of the molecule is C=CCOc1c(C=NNC(=O)c2ccc(COc3ccc(-n4c(C)ccc4C)cc3)o2)cc(Br)cc1OC. The summed E-state index contributed by atoms with van der Waals surface area (Å²) in [4.78, 5) is 12.5. The van der Waals surface area contributed by atoms with Gasteiger partial charge in [-0.15, -0.1) is 0 Å². The molecule has 0 aliphatic carbocycles. The topological polar surface area (TPSA) is 87.2 Å². The van der Waals surface area contributed by atoms with Crippen molar-refractivity contribution in [1.82, 2.24) is 9.99 Å². The maximum Gasteiger partial charge on any atom is 0.307 e. The molecule has 8 nitrogen and oxygen atoms in total. The number of halogens is 1. The Bertz CT molecular complexity index is 1430. The van der Waals surface area contributed by atoms with Crippen LogP contribution in [0.1, 0.15) is 33.3 Å². The van der Waals surface area contributed by atoms with Gasteiger partial charge in [0.1, 0.15) is 24.7 Å². The monoisotopic (exact) mass is 577 g/mol. The van der Waals surface area contributed by atoms with Gasteiger partial charge in [-0.3, -0.25) is 4.79 Å². The number of amides is 1. The summed E-state index contributed by atoms with van der Waals surface area (Å²) in [5, 5.41) is 4.05. The molecule has 0 fully saturated rings. The Morgan fingerprint density at radius 3 is 2.50 bits per heavy atom. The van der Waals surface area contributed by atoms with Gasteiger partial charge in [-0.2, -0.15) is 5.10 Å². The Morgan fingerprint density at radius 2 is 1.82 bits per heavy atom. The van der Waals surface area contributed by atoms with Crippen LogP contribution in [0.5, 0.6) is 17.2 Å². The van der Waals surface area contributed by atoms with Crippen LogP contribution in [0, 0.1) is 13.8 Å². The van der Waals surface area contributed by atoms with Crippen LogP contribution in [0.15, 0.2) is 87.3 Å². The largest absolute Gasteiger partial charge is 0.493 e. The van der Waals surface area contributed by atoms with Gasteiger partial charge in [0.05, 0.1) is 13.3 Å². The van der Waals surface area contributed by atoms with Crippen LogP contribution in [-0.4, -0.2) is 30.4 Å². The first-order valence-electron chi connectivity index (χ1n) is 11.8. The highest BCUT2D eigenvalue weighted by molar-refractivity contribution is 9.10. The molecule has 1 N–H and O–H groups in total. The summed E-state index contributed by atoms with van der Waals surface area (Å²) in [6.07, 6.45) is 3.10. The van der Waals surface area contributed by atoms with Crippen molar-refractivity contribution in [1.29, 1.82) is 0 Å². The first kappa shape index (κ1) is 26.8. The minimum Gasteiger partial charge on any atom is -0.493 e. The second-order valence-electron chi connectivity index (χ2n) is 8.33. The standard InChI is InChI=1S/C29H28BrN3O5/c1-5-14-36-28-21(15-22(30)16-27(28)35-4)17-31-32-29(34)26-13-12-25(38-26)18-37-24-10-8-23(9-11-24)33-19(2)6-7-20(33)3/h5-13,15-17H,1,14,18H2,2-4H3,(H,32,34). The molecule has 38 heavy (non-hydrogen) atoms. The molecule has 0 unspecified atom stereocenters. The van der Waals surface area contributed by atoms with Gasteiger partial charge >= 0.3 is 5.91 Å². The van der Waals surface area contributed by atoms with Crippen molar-refractivity contribution in [3.8, 4) is 22.9 Å². The molecule has 1 amide bonds. The fourth-order valence-corrected chi connectivity index (χ4v) is 4.30. The summed E-state index contributed by atoms with van der Waals surface area (Å²) in [6.45, 7) is 8.27. The van der Waals surface area contributed by atoms with Gasteiger partial charge in [-0.05, 0) is 74.5 Å². The smallest absolute Gasteiger partial charge is 0.307 e. The number of hydrogen-bond acceptors (Lipinski definition) is 6. The number of aryl methyl sites for hydroxylation is 2. The number of methoxy groups -OCH3 is 1. The van der Waals surface area contributed by atoms with E-state index in [4.69, 9.17) is 18.6 Å². The fourth-order valence-electron chi connectivity index (χ4n) is 3.85. The maximum absolute atomic E-state index is 12.5. The highest BCUT2D eigenvalue weighted by atomic mass is 79.9. The second-order valence-corrected chi connectivity index (χ2v) is 9.24. The van der Waals surface area contributed by atoms with Crippen LogP contribution in [-0.2, 0) is 6.61 Å². The number of carbonyl (C=O) groups excluding carboxylic acids is 1. The first-order chi connectivity index (χ1) is 18.4. The Kier molecular flexibility index (Phi) is 8.70. The average Bonchev–Trinajstić information content (AvgIpc) is 3.53. The number of ether oxygens (including phenoxy) is 3. The van der Waals surface area contributed by atoms with Gasteiger partial charge in [-0.25, -0.2) is 5.43 Å². The molecule has 196 valence electrons. The Balaban J connectivity index is 1.35. The van der Waals surface area contributed by atoms with Gasteiger partial charge in [0.2, 0.25) is 0 Å². The minimum atomic E-state index is -0.496. The summed E-state index contributed by atoms with van der Waals surface area (Å²) < 4.78 is 25.5. The van der Waals surface area contributed by atoms with Crippen molar-refractivity contribution in [2.75, 3.05) is 13.7 Å². The van der Waals surface area contributed by atoms with E-state index in [0.717, 1.165) is 10.2 Å². The van der Waals surface area contributed by atoms with Gasteiger partial charge in [-0.1, -0.05) is 28.6 Å². The van der Waals surface area contributed by atoms with E-state index in [0.29, 0.717) is 35.2 Å². The Morgan fingerprint density at radius 1 is 1.08 bits per heavy atom. The second kappa shape index (κ2) is 12.3. The Labute approximate surface area is 229 Å². The van der Waals surface area contributed by atoms with Crippen molar-refractivity contribution in [3.63, 3.8) is 0 Å². The number of aromatic nitrogens is 1. The first-order valence-corrected chi connectivity index (χ1v) is 12.6. The molecule has 9 heteroatoms. The lowest BCUT2D eigenvalue weighted by Gasteiger charge is -2.12. The fraction of sp³-hybridized carbons (Fsp3) is 0.172. The minimum absolute atomic E-state index is 0.115. The van der Waals surface area contributed by atoms with Crippen LogP contribution < -0.4 is 19.6 Å². The van der Waals surface area contributed by atoms with E-state index in [1.165, 1.54) is 17.6 Å². The number of furan rings is 1. The lowest BCUT2D eigenvalue weighted by atomic mass is 10.2. The number of nitrogens with zero attached hydrogens (tertiary/aromatic N) is 2. The van der Waals surface area contributed by atoms with Crippen molar-refractivity contribution < 1.29 is 23.4 Å². The predicted molar refractivity (Wildman–Crippen MR) is 150 cm³/mol. The maximum atomic E-state index is 12.5. The molecule has 4 aromatic rings.